The number of fused-ring (bicyclic) bond motifs is 2. The minimum Gasteiger partial charge on any atom is -0.348 e. The molecule has 2 aromatic heterocycles. The molecule has 1 aliphatic heterocycles. The molecule has 4 rings (SSSR count). The number of nitrogens with zero attached hydrogens (tertiary/aromatic N) is 1. The average molecular weight is 443 g/mol. The van der Waals surface area contributed by atoms with Gasteiger partial charge in [-0.3, -0.25) is 4.79 Å². The molecular weight excluding hydrogens is 412 g/mol. The summed E-state index contributed by atoms with van der Waals surface area (Å²) < 4.78 is 1.19. The number of hydrogen-bond donors (Lipinski definition) is 3. The van der Waals surface area contributed by atoms with Crippen LogP contribution in [0.3, 0.4) is 0 Å². The van der Waals surface area contributed by atoms with E-state index in [0.29, 0.717) is 19.0 Å². The SMILES string of the molecule is CC[C@H](C)NCCC(=O)NC1c2c(-c3nc4ccccc4s3)csc2C(C)NC1C. The van der Waals surface area contributed by atoms with E-state index in [-0.39, 0.29) is 24.0 Å². The van der Waals surface area contributed by atoms with Crippen LogP contribution < -0.4 is 16.0 Å². The number of amides is 1. The van der Waals surface area contributed by atoms with E-state index in [4.69, 9.17) is 4.98 Å². The lowest BCUT2D eigenvalue weighted by molar-refractivity contribution is -0.122. The summed E-state index contributed by atoms with van der Waals surface area (Å²) in [6.07, 6.45) is 1.55. The first-order chi connectivity index (χ1) is 14.5. The van der Waals surface area contributed by atoms with Crippen LogP contribution in [0.25, 0.3) is 20.8 Å². The van der Waals surface area contributed by atoms with Crippen molar-refractivity contribution in [1.82, 2.24) is 20.9 Å². The molecule has 30 heavy (non-hydrogen) atoms. The fourth-order valence-corrected chi connectivity index (χ4v) is 6.22. The zero-order valence-electron chi connectivity index (χ0n) is 18.0. The van der Waals surface area contributed by atoms with Gasteiger partial charge in [0, 0.05) is 52.5 Å². The molecule has 160 valence electrons. The van der Waals surface area contributed by atoms with Gasteiger partial charge in [0.25, 0.3) is 0 Å². The van der Waals surface area contributed by atoms with Crippen molar-refractivity contribution in [3.05, 3.63) is 40.1 Å². The van der Waals surface area contributed by atoms with Crippen molar-refractivity contribution in [1.29, 1.82) is 0 Å². The van der Waals surface area contributed by atoms with Crippen molar-refractivity contribution < 1.29 is 4.79 Å². The van der Waals surface area contributed by atoms with Crippen molar-refractivity contribution in [2.24, 2.45) is 0 Å². The second kappa shape index (κ2) is 9.14. The summed E-state index contributed by atoms with van der Waals surface area (Å²) in [4.78, 5) is 18.9. The summed E-state index contributed by atoms with van der Waals surface area (Å²) >= 11 is 3.49. The number of para-hydroxylation sites is 1. The lowest BCUT2D eigenvalue weighted by Gasteiger charge is -2.35. The highest BCUT2D eigenvalue weighted by Gasteiger charge is 2.35. The zero-order valence-corrected chi connectivity index (χ0v) is 19.6. The Labute approximate surface area is 186 Å². The Morgan fingerprint density at radius 1 is 1.30 bits per heavy atom. The number of rotatable bonds is 7. The van der Waals surface area contributed by atoms with E-state index in [2.05, 4.69) is 67.2 Å². The predicted molar refractivity (Wildman–Crippen MR) is 127 cm³/mol. The number of aromatic nitrogens is 1. The zero-order chi connectivity index (χ0) is 21.3. The van der Waals surface area contributed by atoms with Gasteiger partial charge in [-0.2, -0.15) is 0 Å². The van der Waals surface area contributed by atoms with Crippen LogP contribution in [0.2, 0.25) is 0 Å². The fourth-order valence-electron chi connectivity index (χ4n) is 4.03. The van der Waals surface area contributed by atoms with Crippen LogP contribution in [0.4, 0.5) is 0 Å². The lowest BCUT2D eigenvalue weighted by atomic mass is 9.90. The van der Waals surface area contributed by atoms with Crippen LogP contribution in [0.15, 0.2) is 29.6 Å². The highest BCUT2D eigenvalue weighted by atomic mass is 32.1. The molecule has 3 heterocycles. The van der Waals surface area contributed by atoms with Crippen molar-refractivity contribution in [2.75, 3.05) is 6.54 Å². The van der Waals surface area contributed by atoms with Crippen molar-refractivity contribution >= 4 is 38.8 Å². The van der Waals surface area contributed by atoms with Gasteiger partial charge >= 0.3 is 0 Å². The van der Waals surface area contributed by atoms with Gasteiger partial charge in [-0.15, -0.1) is 22.7 Å². The Morgan fingerprint density at radius 2 is 2.10 bits per heavy atom. The molecule has 1 aromatic carbocycles. The standard InChI is InChI=1S/C23H30N4OS2/c1-5-13(2)24-11-10-19(28)27-21-14(3)25-15(4)22-20(21)16(12-29-22)23-26-17-8-6-7-9-18(17)30-23/h6-9,12-15,21,24-25H,5,10-11H2,1-4H3,(H,27,28)/t13-,14?,15?,21?/m0/s1. The summed E-state index contributed by atoms with van der Waals surface area (Å²) in [5.41, 5.74) is 3.43. The highest BCUT2D eigenvalue weighted by Crippen LogP contribution is 2.44. The van der Waals surface area contributed by atoms with E-state index in [0.717, 1.165) is 16.9 Å². The van der Waals surface area contributed by atoms with Gasteiger partial charge < -0.3 is 16.0 Å². The molecule has 0 saturated carbocycles. The van der Waals surface area contributed by atoms with Crippen molar-refractivity contribution in [3.63, 3.8) is 0 Å². The van der Waals surface area contributed by atoms with Crippen molar-refractivity contribution in [2.45, 2.75) is 64.7 Å². The van der Waals surface area contributed by atoms with Gasteiger partial charge in [-0.1, -0.05) is 19.1 Å². The molecule has 5 nitrogen and oxygen atoms in total. The van der Waals surface area contributed by atoms with E-state index in [9.17, 15) is 4.79 Å². The summed E-state index contributed by atoms with van der Waals surface area (Å²) in [6, 6.07) is 9.06. The van der Waals surface area contributed by atoms with Gasteiger partial charge in [0.1, 0.15) is 5.01 Å². The largest absolute Gasteiger partial charge is 0.348 e. The number of hydrogen-bond acceptors (Lipinski definition) is 6. The molecule has 1 amide bonds. The molecule has 3 aromatic rings. The maximum atomic E-state index is 12.7. The third-order valence-corrected chi connectivity index (χ3v) is 8.13. The van der Waals surface area contributed by atoms with E-state index >= 15 is 0 Å². The smallest absolute Gasteiger partial charge is 0.221 e. The van der Waals surface area contributed by atoms with Gasteiger partial charge in [-0.05, 0) is 39.3 Å². The van der Waals surface area contributed by atoms with E-state index in [1.54, 1.807) is 22.7 Å². The molecule has 7 heteroatoms. The predicted octanol–water partition coefficient (Wildman–Crippen LogP) is 5.01. The second-order valence-electron chi connectivity index (χ2n) is 8.15. The molecule has 0 fully saturated rings. The Balaban J connectivity index is 1.60. The molecule has 0 spiro atoms. The van der Waals surface area contributed by atoms with Gasteiger partial charge in [0.05, 0.1) is 16.3 Å². The Hall–Kier alpha value is -1.80. The monoisotopic (exact) mass is 442 g/mol. The van der Waals surface area contributed by atoms with Crippen LogP contribution in [0, 0.1) is 0 Å². The van der Waals surface area contributed by atoms with E-state index in [1.165, 1.54) is 20.7 Å². The molecule has 3 unspecified atom stereocenters. The molecule has 4 atom stereocenters. The summed E-state index contributed by atoms with van der Waals surface area (Å²) in [6.45, 7) is 9.35. The summed E-state index contributed by atoms with van der Waals surface area (Å²) in [5, 5.41) is 13.6. The lowest BCUT2D eigenvalue weighted by Crippen LogP contribution is -2.47. The Kier molecular flexibility index (Phi) is 6.53. The summed E-state index contributed by atoms with van der Waals surface area (Å²) in [7, 11) is 0. The van der Waals surface area contributed by atoms with Gasteiger partial charge in [0.15, 0.2) is 0 Å². The number of carbonyl (C=O) groups excluding carboxylic acids is 1. The first-order valence-corrected chi connectivity index (χ1v) is 12.4. The maximum Gasteiger partial charge on any atom is 0.221 e. The molecule has 3 N–H and O–H groups in total. The number of benzene rings is 1. The fraction of sp³-hybridized carbons (Fsp3) is 0.478. The normalized spacial score (nSPS) is 22.1. The minimum atomic E-state index is -0.0550. The van der Waals surface area contributed by atoms with Gasteiger partial charge in [0.2, 0.25) is 5.91 Å². The van der Waals surface area contributed by atoms with Crippen LogP contribution in [0.1, 0.15) is 63.1 Å². The van der Waals surface area contributed by atoms with Crippen LogP contribution >= 0.6 is 22.7 Å². The number of nitrogens with one attached hydrogen (secondary N) is 3. The highest BCUT2D eigenvalue weighted by molar-refractivity contribution is 7.22. The van der Waals surface area contributed by atoms with E-state index in [1.807, 2.05) is 6.07 Å². The van der Waals surface area contributed by atoms with Crippen LogP contribution in [-0.2, 0) is 4.79 Å². The molecular formula is C23H30N4OS2. The number of thiazole rings is 1. The first-order valence-electron chi connectivity index (χ1n) is 10.7. The number of carbonyl (C=O) groups is 1. The quantitative estimate of drug-likeness (QED) is 0.481. The molecule has 0 radical (unpaired) electrons. The summed E-state index contributed by atoms with van der Waals surface area (Å²) in [5.74, 6) is 0.0893. The average Bonchev–Trinajstić information content (AvgIpc) is 3.35. The third kappa shape index (κ3) is 4.30. The third-order valence-electron chi connectivity index (χ3n) is 5.87. The molecule has 0 aliphatic carbocycles. The van der Waals surface area contributed by atoms with Crippen molar-refractivity contribution in [3.8, 4) is 10.6 Å². The minimum absolute atomic E-state index is 0.0550. The van der Waals surface area contributed by atoms with Crippen LogP contribution in [0.5, 0.6) is 0 Å². The second-order valence-corrected chi connectivity index (χ2v) is 10.1. The maximum absolute atomic E-state index is 12.7. The topological polar surface area (TPSA) is 66.0 Å². The Bertz CT molecular complexity index is 994. The van der Waals surface area contributed by atoms with E-state index < -0.39 is 0 Å². The molecule has 1 aliphatic rings. The Morgan fingerprint density at radius 3 is 2.87 bits per heavy atom. The van der Waals surface area contributed by atoms with Crippen LogP contribution in [-0.4, -0.2) is 29.5 Å². The molecule has 0 bridgehead atoms. The first kappa shape index (κ1) is 21.4. The van der Waals surface area contributed by atoms with Gasteiger partial charge in [-0.25, -0.2) is 4.98 Å². The number of thiophene rings is 1. The molecule has 0 saturated heterocycles.